The standard InChI is InChI=1S/C14H13FO4S/c1-20(18,19)14(15)8-7-11(12(9-14)13(16)17)10-5-3-2-4-6-10/h2-8H,9H2,1H3,(H,16,17). The van der Waals surface area contributed by atoms with E-state index in [0.717, 1.165) is 12.3 Å². The van der Waals surface area contributed by atoms with E-state index in [4.69, 9.17) is 0 Å². The average Bonchev–Trinajstić information content (AvgIpc) is 2.38. The van der Waals surface area contributed by atoms with Crippen LogP contribution < -0.4 is 0 Å². The molecule has 0 saturated carbocycles. The predicted molar refractivity (Wildman–Crippen MR) is 73.4 cm³/mol. The molecule has 0 heterocycles. The molecule has 4 nitrogen and oxygen atoms in total. The molecule has 0 saturated heterocycles. The Morgan fingerprint density at radius 2 is 1.90 bits per heavy atom. The van der Waals surface area contributed by atoms with Gasteiger partial charge in [0.1, 0.15) is 0 Å². The minimum absolute atomic E-state index is 0.244. The molecule has 0 fully saturated rings. The number of hydrogen-bond acceptors (Lipinski definition) is 3. The molecule has 1 aromatic rings. The number of hydrogen-bond donors (Lipinski definition) is 1. The van der Waals surface area contributed by atoms with E-state index in [2.05, 4.69) is 0 Å². The molecule has 1 aromatic carbocycles. The van der Waals surface area contributed by atoms with Gasteiger partial charge in [0.25, 0.3) is 0 Å². The monoisotopic (exact) mass is 296 g/mol. The van der Waals surface area contributed by atoms with Gasteiger partial charge < -0.3 is 5.11 Å². The predicted octanol–water partition coefficient (Wildman–Crippen LogP) is 2.20. The lowest BCUT2D eigenvalue weighted by atomic mass is 9.91. The highest BCUT2D eigenvalue weighted by Gasteiger charge is 2.43. The third kappa shape index (κ3) is 2.51. The smallest absolute Gasteiger partial charge is 0.332 e. The average molecular weight is 296 g/mol. The number of allylic oxidation sites excluding steroid dienone is 2. The van der Waals surface area contributed by atoms with Crippen molar-refractivity contribution in [1.82, 2.24) is 0 Å². The number of aliphatic carboxylic acids is 1. The molecule has 0 spiro atoms. The van der Waals surface area contributed by atoms with Gasteiger partial charge >= 0.3 is 5.97 Å². The van der Waals surface area contributed by atoms with Gasteiger partial charge in [0.15, 0.2) is 9.84 Å². The number of carboxylic acid groups (broad SMARTS) is 1. The van der Waals surface area contributed by atoms with Gasteiger partial charge in [-0.3, -0.25) is 0 Å². The van der Waals surface area contributed by atoms with E-state index < -0.39 is 27.2 Å². The number of carboxylic acids is 1. The van der Waals surface area contributed by atoms with Crippen LogP contribution in [0.4, 0.5) is 4.39 Å². The Balaban J connectivity index is 2.56. The summed E-state index contributed by atoms with van der Waals surface area (Å²) < 4.78 is 37.4. The molecule has 1 unspecified atom stereocenters. The first kappa shape index (κ1) is 14.5. The summed E-state index contributed by atoms with van der Waals surface area (Å²) in [6.07, 6.45) is 2.20. The first-order valence-corrected chi connectivity index (χ1v) is 7.73. The molecule has 1 aliphatic carbocycles. The van der Waals surface area contributed by atoms with Crippen LogP contribution in [0, 0.1) is 0 Å². The van der Waals surface area contributed by atoms with Crippen LogP contribution in [0.15, 0.2) is 48.1 Å². The van der Waals surface area contributed by atoms with E-state index in [1.165, 1.54) is 6.08 Å². The molecule has 1 atom stereocenters. The lowest BCUT2D eigenvalue weighted by Gasteiger charge is -2.25. The number of benzene rings is 1. The second-order valence-corrected chi connectivity index (χ2v) is 6.85. The summed E-state index contributed by atoms with van der Waals surface area (Å²) >= 11 is 0. The van der Waals surface area contributed by atoms with Gasteiger partial charge in [-0.1, -0.05) is 36.4 Å². The molecule has 0 aliphatic heterocycles. The fourth-order valence-corrected chi connectivity index (χ4v) is 2.76. The van der Waals surface area contributed by atoms with Gasteiger partial charge in [-0.25, -0.2) is 17.6 Å². The van der Waals surface area contributed by atoms with E-state index in [-0.39, 0.29) is 5.57 Å². The number of rotatable bonds is 3. The molecular formula is C14H13FO4S. The lowest BCUT2D eigenvalue weighted by molar-refractivity contribution is -0.132. The zero-order chi connectivity index (χ0) is 15.0. The van der Waals surface area contributed by atoms with Crippen molar-refractivity contribution in [1.29, 1.82) is 0 Å². The largest absolute Gasteiger partial charge is 0.478 e. The third-order valence-corrected chi connectivity index (χ3v) is 4.71. The van der Waals surface area contributed by atoms with E-state index in [9.17, 15) is 22.7 Å². The van der Waals surface area contributed by atoms with Crippen LogP contribution in [0.1, 0.15) is 12.0 Å². The Bertz CT molecular complexity index is 704. The molecule has 20 heavy (non-hydrogen) atoms. The normalized spacial score (nSPS) is 22.9. The van der Waals surface area contributed by atoms with Gasteiger partial charge in [-0.05, 0) is 17.2 Å². The summed E-state index contributed by atoms with van der Waals surface area (Å²) in [5.41, 5.74) is 0.693. The lowest BCUT2D eigenvalue weighted by Crippen LogP contribution is -2.34. The van der Waals surface area contributed by atoms with Crippen molar-refractivity contribution in [2.45, 2.75) is 11.4 Å². The van der Waals surface area contributed by atoms with E-state index in [0.29, 0.717) is 11.1 Å². The number of alkyl halides is 1. The zero-order valence-corrected chi connectivity index (χ0v) is 11.5. The van der Waals surface area contributed by atoms with Gasteiger partial charge in [-0.15, -0.1) is 0 Å². The maximum absolute atomic E-state index is 14.4. The minimum atomic E-state index is -4.05. The topological polar surface area (TPSA) is 71.4 Å². The maximum atomic E-state index is 14.4. The van der Waals surface area contributed by atoms with Gasteiger partial charge in [0.2, 0.25) is 5.00 Å². The number of sulfone groups is 1. The summed E-state index contributed by atoms with van der Waals surface area (Å²) in [7, 11) is -4.05. The van der Waals surface area contributed by atoms with Crippen molar-refractivity contribution >= 4 is 21.4 Å². The highest BCUT2D eigenvalue weighted by molar-refractivity contribution is 7.92. The van der Waals surface area contributed by atoms with Crippen LogP contribution in [-0.2, 0) is 14.6 Å². The summed E-state index contributed by atoms with van der Waals surface area (Å²) in [6, 6.07) is 8.60. The Morgan fingerprint density at radius 1 is 1.30 bits per heavy atom. The molecule has 0 amide bonds. The summed E-state index contributed by atoms with van der Waals surface area (Å²) in [4.78, 5) is 11.3. The zero-order valence-electron chi connectivity index (χ0n) is 10.7. The van der Waals surface area contributed by atoms with Gasteiger partial charge in [0.05, 0.1) is 0 Å². The molecule has 106 valence electrons. The Morgan fingerprint density at radius 3 is 2.40 bits per heavy atom. The van der Waals surface area contributed by atoms with E-state index in [1.807, 2.05) is 0 Å². The maximum Gasteiger partial charge on any atom is 0.332 e. The fraction of sp³-hybridized carbons (Fsp3) is 0.214. The highest BCUT2D eigenvalue weighted by Crippen LogP contribution is 2.37. The molecule has 1 N–H and O–H groups in total. The van der Waals surface area contributed by atoms with Crippen LogP contribution in [0.2, 0.25) is 0 Å². The first-order valence-electron chi connectivity index (χ1n) is 5.84. The second kappa shape index (κ2) is 4.86. The Kier molecular flexibility index (Phi) is 3.52. The number of carbonyl (C=O) groups is 1. The second-order valence-electron chi connectivity index (χ2n) is 4.63. The summed E-state index contributed by atoms with van der Waals surface area (Å²) in [5.74, 6) is -1.32. The highest BCUT2D eigenvalue weighted by atomic mass is 32.2. The van der Waals surface area contributed by atoms with Crippen LogP contribution in [0.25, 0.3) is 5.57 Å². The van der Waals surface area contributed by atoms with Crippen molar-refractivity contribution in [2.75, 3.05) is 6.26 Å². The van der Waals surface area contributed by atoms with Crippen molar-refractivity contribution in [2.24, 2.45) is 0 Å². The van der Waals surface area contributed by atoms with E-state index >= 15 is 0 Å². The van der Waals surface area contributed by atoms with E-state index in [1.54, 1.807) is 30.3 Å². The molecule has 0 radical (unpaired) electrons. The fourth-order valence-electron chi connectivity index (χ4n) is 2.04. The molecule has 2 rings (SSSR count). The van der Waals surface area contributed by atoms with Crippen molar-refractivity contribution in [3.8, 4) is 0 Å². The molecule has 0 aromatic heterocycles. The molecule has 1 aliphatic rings. The van der Waals surface area contributed by atoms with Gasteiger partial charge in [0, 0.05) is 18.2 Å². The van der Waals surface area contributed by atoms with Gasteiger partial charge in [-0.2, -0.15) is 0 Å². The van der Waals surface area contributed by atoms with Crippen LogP contribution in [-0.4, -0.2) is 30.8 Å². The van der Waals surface area contributed by atoms with Crippen molar-refractivity contribution in [3.05, 3.63) is 53.6 Å². The molecule has 0 bridgehead atoms. The minimum Gasteiger partial charge on any atom is -0.478 e. The molecular weight excluding hydrogens is 283 g/mol. The molecule has 6 heteroatoms. The van der Waals surface area contributed by atoms with Crippen LogP contribution >= 0.6 is 0 Å². The van der Waals surface area contributed by atoms with Crippen molar-refractivity contribution in [3.63, 3.8) is 0 Å². The van der Waals surface area contributed by atoms with Crippen LogP contribution in [0.3, 0.4) is 0 Å². The quantitative estimate of drug-likeness (QED) is 0.928. The first-order chi connectivity index (χ1) is 9.24. The SMILES string of the molecule is CS(=O)(=O)C1(F)C=CC(c2ccccc2)=C(C(=O)O)C1. The van der Waals surface area contributed by atoms with Crippen LogP contribution in [0.5, 0.6) is 0 Å². The summed E-state index contributed by atoms with van der Waals surface area (Å²) in [6.45, 7) is 0. The Hall–Kier alpha value is -1.95. The number of halogens is 1. The van der Waals surface area contributed by atoms with Crippen molar-refractivity contribution < 1.29 is 22.7 Å². The third-order valence-electron chi connectivity index (χ3n) is 3.20. The summed E-state index contributed by atoms with van der Waals surface area (Å²) in [5, 5.41) is 6.55. The Labute approximate surface area is 116 Å².